The molecule has 0 bridgehead atoms. The number of benzene rings is 1. The quantitative estimate of drug-likeness (QED) is 0.677. The summed E-state index contributed by atoms with van der Waals surface area (Å²) in [5.41, 5.74) is 3.30. The lowest BCUT2D eigenvalue weighted by molar-refractivity contribution is -0.0429. The number of carbonyl (C=O) groups excluding carboxylic acids is 1. The third kappa shape index (κ3) is 3.62. The van der Waals surface area contributed by atoms with E-state index < -0.39 is 17.9 Å². The lowest BCUT2D eigenvalue weighted by atomic mass is 9.92. The van der Waals surface area contributed by atoms with Crippen LogP contribution in [0.5, 0.6) is 0 Å². The van der Waals surface area contributed by atoms with E-state index in [0.29, 0.717) is 29.9 Å². The number of amides is 1. The van der Waals surface area contributed by atoms with Crippen LogP contribution in [0.25, 0.3) is 5.65 Å². The number of alkyl halides is 2. The summed E-state index contributed by atoms with van der Waals surface area (Å²) >= 11 is 0. The number of aromatic nitrogens is 3. The van der Waals surface area contributed by atoms with Gasteiger partial charge in [0.05, 0.1) is 12.2 Å². The summed E-state index contributed by atoms with van der Waals surface area (Å²) in [5.74, 6) is -2.48. The number of nitrogens with zero attached hydrogens (tertiary/aromatic N) is 3. The second-order valence-corrected chi connectivity index (χ2v) is 8.20. The maximum absolute atomic E-state index is 13.7. The highest BCUT2D eigenvalue weighted by Gasteiger charge is 2.37. The normalized spacial score (nSPS) is 22.6. The van der Waals surface area contributed by atoms with Crippen LogP contribution in [-0.4, -0.2) is 32.5 Å². The van der Waals surface area contributed by atoms with Gasteiger partial charge in [0.25, 0.3) is 5.91 Å². The van der Waals surface area contributed by atoms with E-state index in [-0.39, 0.29) is 18.9 Å². The Labute approximate surface area is 172 Å². The highest BCUT2D eigenvalue weighted by molar-refractivity contribution is 5.99. The zero-order chi connectivity index (χ0) is 20.7. The van der Waals surface area contributed by atoms with Gasteiger partial charge in [0.1, 0.15) is 11.4 Å². The Kier molecular flexibility index (Phi) is 4.64. The van der Waals surface area contributed by atoms with E-state index in [1.807, 2.05) is 18.2 Å². The molecule has 5 rings (SSSR count). The summed E-state index contributed by atoms with van der Waals surface area (Å²) in [6.45, 7) is 0. The van der Waals surface area contributed by atoms with Crippen LogP contribution in [0.2, 0.25) is 0 Å². The molecule has 3 aromatic rings. The largest absolute Gasteiger partial charge is 0.363 e. The maximum atomic E-state index is 13.7. The highest BCUT2D eigenvalue weighted by Crippen LogP contribution is 2.34. The molecule has 0 spiro atoms. The molecule has 2 aromatic heterocycles. The number of aryl methyl sites for hydroxylation is 1. The summed E-state index contributed by atoms with van der Waals surface area (Å²) in [4.78, 5) is 17.3. The molecule has 0 saturated heterocycles. The standard InChI is InChI=1S/C22H23F2N5O/c23-22(24)10-3-5-15(12-22)26-21(30)17-13-25-29-11-9-19(28-20(17)29)27-18-8-7-14-4-1-2-6-16(14)18/h1-2,4,6,9,11,13,15,18H,3,5,7-8,10,12H2,(H,26,30)(H,27,28). The number of anilines is 1. The molecule has 30 heavy (non-hydrogen) atoms. The second-order valence-electron chi connectivity index (χ2n) is 8.20. The highest BCUT2D eigenvalue weighted by atomic mass is 19.3. The van der Waals surface area contributed by atoms with E-state index in [4.69, 9.17) is 0 Å². The number of hydrogen-bond acceptors (Lipinski definition) is 4. The first-order valence-electron chi connectivity index (χ1n) is 10.4. The first kappa shape index (κ1) is 19.0. The predicted octanol–water partition coefficient (Wildman–Crippen LogP) is 4.14. The zero-order valence-electron chi connectivity index (χ0n) is 16.4. The molecular formula is C22H23F2N5O. The second kappa shape index (κ2) is 7.34. The zero-order valence-corrected chi connectivity index (χ0v) is 16.4. The van der Waals surface area contributed by atoms with Crippen molar-refractivity contribution in [1.29, 1.82) is 0 Å². The fourth-order valence-electron chi connectivity index (χ4n) is 4.55. The molecule has 1 saturated carbocycles. The van der Waals surface area contributed by atoms with Crippen molar-refractivity contribution in [2.75, 3.05) is 5.32 Å². The van der Waals surface area contributed by atoms with E-state index in [1.165, 1.54) is 21.8 Å². The van der Waals surface area contributed by atoms with Crippen LogP contribution in [-0.2, 0) is 6.42 Å². The lowest BCUT2D eigenvalue weighted by Gasteiger charge is -2.29. The van der Waals surface area contributed by atoms with Gasteiger partial charge >= 0.3 is 0 Å². The average molecular weight is 411 g/mol. The monoisotopic (exact) mass is 411 g/mol. The lowest BCUT2D eigenvalue weighted by Crippen LogP contribution is -2.42. The summed E-state index contributed by atoms with van der Waals surface area (Å²) in [6, 6.07) is 9.80. The van der Waals surface area contributed by atoms with Crippen LogP contribution in [0.15, 0.2) is 42.7 Å². The Morgan fingerprint density at radius 2 is 2.07 bits per heavy atom. The predicted molar refractivity (Wildman–Crippen MR) is 109 cm³/mol. The van der Waals surface area contributed by atoms with Crippen LogP contribution < -0.4 is 10.6 Å². The molecule has 2 aliphatic rings. The first-order valence-corrected chi connectivity index (χ1v) is 10.4. The number of rotatable bonds is 4. The van der Waals surface area contributed by atoms with Crippen LogP contribution in [0.3, 0.4) is 0 Å². The first-order chi connectivity index (χ1) is 14.5. The van der Waals surface area contributed by atoms with Gasteiger partial charge in [-0.2, -0.15) is 5.10 Å². The van der Waals surface area contributed by atoms with Crippen LogP contribution in [0.4, 0.5) is 14.6 Å². The van der Waals surface area contributed by atoms with E-state index in [2.05, 4.69) is 32.8 Å². The van der Waals surface area contributed by atoms with Crippen molar-refractivity contribution in [2.45, 2.75) is 56.5 Å². The van der Waals surface area contributed by atoms with Crippen LogP contribution in [0.1, 0.15) is 59.6 Å². The van der Waals surface area contributed by atoms with Gasteiger partial charge in [-0.3, -0.25) is 4.79 Å². The van der Waals surface area contributed by atoms with Gasteiger partial charge in [-0.15, -0.1) is 0 Å². The van der Waals surface area contributed by atoms with Gasteiger partial charge in [0.2, 0.25) is 5.92 Å². The van der Waals surface area contributed by atoms with Gasteiger partial charge in [0.15, 0.2) is 5.65 Å². The SMILES string of the molecule is O=C(NC1CCCC(F)(F)C1)c1cnn2ccc(NC3CCc4ccccc43)nc12. The number of halogens is 2. The number of carbonyl (C=O) groups is 1. The molecule has 156 valence electrons. The Morgan fingerprint density at radius 3 is 2.93 bits per heavy atom. The third-order valence-corrected chi connectivity index (χ3v) is 6.04. The van der Waals surface area contributed by atoms with Gasteiger partial charge < -0.3 is 10.6 Å². The Bertz CT molecular complexity index is 1100. The maximum Gasteiger partial charge on any atom is 0.256 e. The van der Waals surface area contributed by atoms with Crippen molar-refractivity contribution in [2.24, 2.45) is 0 Å². The van der Waals surface area contributed by atoms with E-state index >= 15 is 0 Å². The Balaban J connectivity index is 1.35. The third-order valence-electron chi connectivity index (χ3n) is 6.04. The van der Waals surface area contributed by atoms with Crippen LogP contribution >= 0.6 is 0 Å². The molecule has 0 radical (unpaired) electrons. The molecule has 2 unspecified atom stereocenters. The van der Waals surface area contributed by atoms with Crippen molar-refractivity contribution in [3.8, 4) is 0 Å². The topological polar surface area (TPSA) is 71.3 Å². The summed E-state index contributed by atoms with van der Waals surface area (Å²) in [5, 5.41) is 10.4. The molecule has 2 aliphatic carbocycles. The van der Waals surface area contributed by atoms with Gasteiger partial charge in [-0.25, -0.2) is 18.3 Å². The molecule has 6 nitrogen and oxygen atoms in total. The molecule has 8 heteroatoms. The van der Waals surface area contributed by atoms with Crippen molar-refractivity contribution in [1.82, 2.24) is 19.9 Å². The fourth-order valence-corrected chi connectivity index (χ4v) is 4.55. The van der Waals surface area contributed by atoms with Gasteiger partial charge in [0, 0.05) is 25.1 Å². The van der Waals surface area contributed by atoms with Gasteiger partial charge in [-0.1, -0.05) is 24.3 Å². The number of fused-ring (bicyclic) bond motifs is 2. The van der Waals surface area contributed by atoms with E-state index in [1.54, 1.807) is 6.20 Å². The molecular weight excluding hydrogens is 388 g/mol. The van der Waals surface area contributed by atoms with Crippen molar-refractivity contribution >= 4 is 17.4 Å². The Hall–Kier alpha value is -3.03. The molecule has 2 N–H and O–H groups in total. The van der Waals surface area contributed by atoms with Crippen molar-refractivity contribution in [3.05, 3.63) is 59.4 Å². The molecule has 2 heterocycles. The smallest absolute Gasteiger partial charge is 0.256 e. The number of nitrogens with one attached hydrogen (secondary N) is 2. The van der Waals surface area contributed by atoms with Gasteiger partial charge in [-0.05, 0) is 42.9 Å². The molecule has 2 atom stereocenters. The molecule has 1 amide bonds. The minimum absolute atomic E-state index is 0.114. The number of hydrogen-bond donors (Lipinski definition) is 2. The average Bonchev–Trinajstić information content (AvgIpc) is 3.31. The van der Waals surface area contributed by atoms with Crippen molar-refractivity contribution < 1.29 is 13.6 Å². The summed E-state index contributed by atoms with van der Waals surface area (Å²) in [6.07, 6.45) is 5.71. The fraction of sp³-hybridized carbons (Fsp3) is 0.409. The summed E-state index contributed by atoms with van der Waals surface area (Å²) in [7, 11) is 0. The van der Waals surface area contributed by atoms with Crippen LogP contribution in [0, 0.1) is 0 Å². The van der Waals surface area contributed by atoms with E-state index in [9.17, 15) is 13.6 Å². The molecule has 0 aliphatic heterocycles. The van der Waals surface area contributed by atoms with E-state index in [0.717, 1.165) is 12.8 Å². The minimum Gasteiger partial charge on any atom is -0.363 e. The minimum atomic E-state index is -2.72. The molecule has 1 fully saturated rings. The molecule has 1 aromatic carbocycles. The Morgan fingerprint density at radius 1 is 1.20 bits per heavy atom. The van der Waals surface area contributed by atoms with Crippen molar-refractivity contribution in [3.63, 3.8) is 0 Å². The summed E-state index contributed by atoms with van der Waals surface area (Å²) < 4.78 is 28.9.